The van der Waals surface area contributed by atoms with E-state index in [0.717, 1.165) is 19.4 Å². The summed E-state index contributed by atoms with van der Waals surface area (Å²) in [5.74, 6) is 0.845. The van der Waals surface area contributed by atoms with Gasteiger partial charge in [0.15, 0.2) is 5.82 Å². The van der Waals surface area contributed by atoms with Crippen molar-refractivity contribution in [2.75, 3.05) is 25.0 Å². The molecule has 1 aromatic rings. The Hall–Kier alpha value is -1.85. The summed E-state index contributed by atoms with van der Waals surface area (Å²) in [6.45, 7) is 4.99. The molecule has 1 unspecified atom stereocenters. The largest absolute Gasteiger partial charge is 0.360 e. The monoisotopic (exact) mass is 279 g/mol. The lowest BCUT2D eigenvalue weighted by Gasteiger charge is -2.20. The number of unbranched alkanes of at least 4 members (excludes halogenated alkanes) is 1. The molecule has 0 radical (unpaired) electrons. The number of carbonyl (C=O) groups is 2. The fraction of sp³-hybridized carbons (Fsp3) is 0.643. The van der Waals surface area contributed by atoms with E-state index in [1.807, 2.05) is 0 Å². The maximum absolute atomic E-state index is 12.3. The molecule has 110 valence electrons. The third-order valence-electron chi connectivity index (χ3n) is 3.59. The van der Waals surface area contributed by atoms with Gasteiger partial charge in [0, 0.05) is 32.6 Å². The standard InChI is InChI=1S/C14H21N3O3/c1-4-5-6-16(3)14(19)11-8-13(18)17(9-11)12-7-10(2)20-15-12/h7,11H,4-6,8-9H2,1-3H3. The Labute approximate surface area is 118 Å². The third kappa shape index (κ3) is 3.00. The zero-order valence-corrected chi connectivity index (χ0v) is 12.3. The molecule has 20 heavy (non-hydrogen) atoms. The summed E-state index contributed by atoms with van der Waals surface area (Å²) in [4.78, 5) is 27.5. The summed E-state index contributed by atoms with van der Waals surface area (Å²) in [6.07, 6.45) is 2.28. The molecule has 0 aliphatic carbocycles. The molecule has 1 atom stereocenters. The van der Waals surface area contributed by atoms with Gasteiger partial charge < -0.3 is 9.42 Å². The summed E-state index contributed by atoms with van der Waals surface area (Å²) in [7, 11) is 1.80. The molecule has 6 nitrogen and oxygen atoms in total. The lowest BCUT2D eigenvalue weighted by molar-refractivity contribution is -0.134. The van der Waals surface area contributed by atoms with Crippen LogP contribution in [0.2, 0.25) is 0 Å². The van der Waals surface area contributed by atoms with Crippen molar-refractivity contribution in [1.29, 1.82) is 0 Å². The number of rotatable bonds is 5. The normalized spacial score (nSPS) is 18.6. The van der Waals surface area contributed by atoms with Gasteiger partial charge in [-0.1, -0.05) is 18.5 Å². The highest BCUT2D eigenvalue weighted by molar-refractivity contribution is 5.99. The second-order valence-electron chi connectivity index (χ2n) is 5.31. The van der Waals surface area contributed by atoms with Gasteiger partial charge in [0.2, 0.25) is 11.8 Å². The Morgan fingerprint density at radius 2 is 2.35 bits per heavy atom. The van der Waals surface area contributed by atoms with Crippen molar-refractivity contribution in [2.24, 2.45) is 5.92 Å². The molecule has 1 fully saturated rings. The Bertz CT molecular complexity index is 498. The molecule has 2 heterocycles. The van der Waals surface area contributed by atoms with Crippen molar-refractivity contribution in [1.82, 2.24) is 10.1 Å². The minimum atomic E-state index is -0.277. The highest BCUT2D eigenvalue weighted by Gasteiger charge is 2.37. The average molecular weight is 279 g/mol. The van der Waals surface area contributed by atoms with Gasteiger partial charge in [-0.2, -0.15) is 0 Å². The molecule has 1 aliphatic rings. The summed E-state index contributed by atoms with van der Waals surface area (Å²) in [6, 6.07) is 1.71. The molecule has 1 aliphatic heterocycles. The summed E-state index contributed by atoms with van der Waals surface area (Å²) in [5.41, 5.74) is 0. The number of aromatic nitrogens is 1. The Kier molecular flexibility index (Phi) is 4.42. The van der Waals surface area contributed by atoms with E-state index in [9.17, 15) is 9.59 Å². The molecule has 0 aromatic carbocycles. The van der Waals surface area contributed by atoms with Crippen molar-refractivity contribution < 1.29 is 14.1 Å². The van der Waals surface area contributed by atoms with Crippen molar-refractivity contribution in [3.05, 3.63) is 11.8 Å². The number of amides is 2. The van der Waals surface area contributed by atoms with Gasteiger partial charge in [-0.15, -0.1) is 0 Å². The van der Waals surface area contributed by atoms with Crippen LogP contribution < -0.4 is 4.90 Å². The SMILES string of the molecule is CCCCN(C)C(=O)C1CC(=O)N(c2cc(C)on2)C1. The van der Waals surface area contributed by atoms with E-state index in [1.54, 1.807) is 24.9 Å². The van der Waals surface area contributed by atoms with Crippen LogP contribution >= 0.6 is 0 Å². The van der Waals surface area contributed by atoms with E-state index >= 15 is 0 Å². The van der Waals surface area contributed by atoms with Gasteiger partial charge in [-0.25, -0.2) is 0 Å². The van der Waals surface area contributed by atoms with Crippen LogP contribution in [0.5, 0.6) is 0 Å². The van der Waals surface area contributed by atoms with Gasteiger partial charge in [-0.05, 0) is 13.3 Å². The second-order valence-corrected chi connectivity index (χ2v) is 5.31. The minimum absolute atomic E-state index is 0.0366. The first-order chi connectivity index (χ1) is 9.52. The van der Waals surface area contributed by atoms with Crippen molar-refractivity contribution in [3.63, 3.8) is 0 Å². The number of anilines is 1. The van der Waals surface area contributed by atoms with E-state index in [-0.39, 0.29) is 24.2 Å². The molecular weight excluding hydrogens is 258 g/mol. The molecule has 0 saturated carbocycles. The molecule has 1 aromatic heterocycles. The van der Waals surface area contributed by atoms with E-state index in [1.165, 1.54) is 4.90 Å². The van der Waals surface area contributed by atoms with Gasteiger partial charge in [0.25, 0.3) is 0 Å². The molecule has 1 saturated heterocycles. The fourth-order valence-electron chi connectivity index (χ4n) is 2.39. The first kappa shape index (κ1) is 14.6. The first-order valence-corrected chi connectivity index (χ1v) is 7.01. The highest BCUT2D eigenvalue weighted by Crippen LogP contribution is 2.25. The van der Waals surface area contributed by atoms with E-state index in [2.05, 4.69) is 12.1 Å². The van der Waals surface area contributed by atoms with Crippen LogP contribution in [0.25, 0.3) is 0 Å². The minimum Gasteiger partial charge on any atom is -0.360 e. The van der Waals surface area contributed by atoms with Crippen LogP contribution in [0, 0.1) is 12.8 Å². The highest BCUT2D eigenvalue weighted by atomic mass is 16.5. The molecule has 6 heteroatoms. The second kappa shape index (κ2) is 6.07. The van der Waals surface area contributed by atoms with Gasteiger partial charge in [0.05, 0.1) is 5.92 Å². The smallest absolute Gasteiger partial charge is 0.229 e. The first-order valence-electron chi connectivity index (χ1n) is 7.01. The van der Waals surface area contributed by atoms with Crippen molar-refractivity contribution >= 4 is 17.6 Å². The van der Waals surface area contributed by atoms with E-state index in [4.69, 9.17) is 4.52 Å². The van der Waals surface area contributed by atoms with Crippen LogP contribution in [0.1, 0.15) is 31.9 Å². The Balaban J connectivity index is 1.99. The Morgan fingerprint density at radius 1 is 1.60 bits per heavy atom. The summed E-state index contributed by atoms with van der Waals surface area (Å²) in [5, 5.41) is 3.84. The van der Waals surface area contributed by atoms with Crippen LogP contribution in [0.15, 0.2) is 10.6 Å². The summed E-state index contributed by atoms with van der Waals surface area (Å²) >= 11 is 0. The van der Waals surface area contributed by atoms with Crippen LogP contribution in [0.4, 0.5) is 5.82 Å². The molecule has 0 N–H and O–H groups in total. The topological polar surface area (TPSA) is 66.7 Å². The quantitative estimate of drug-likeness (QED) is 0.821. The molecule has 0 bridgehead atoms. The lowest BCUT2D eigenvalue weighted by atomic mass is 10.1. The summed E-state index contributed by atoms with van der Waals surface area (Å²) < 4.78 is 4.98. The zero-order valence-electron chi connectivity index (χ0n) is 12.3. The third-order valence-corrected chi connectivity index (χ3v) is 3.59. The number of hydrogen-bond acceptors (Lipinski definition) is 4. The Morgan fingerprint density at radius 3 is 2.95 bits per heavy atom. The lowest BCUT2D eigenvalue weighted by Crippen LogP contribution is -2.35. The number of carbonyl (C=O) groups excluding carboxylic acids is 2. The zero-order chi connectivity index (χ0) is 14.7. The average Bonchev–Trinajstić information content (AvgIpc) is 3.01. The van der Waals surface area contributed by atoms with Gasteiger partial charge in [-0.3, -0.25) is 14.5 Å². The van der Waals surface area contributed by atoms with Gasteiger partial charge in [0.1, 0.15) is 5.76 Å². The molecule has 0 spiro atoms. The van der Waals surface area contributed by atoms with Crippen LogP contribution in [-0.4, -0.2) is 42.0 Å². The molecular formula is C14H21N3O3. The predicted octanol–water partition coefficient (Wildman–Crippen LogP) is 1.59. The van der Waals surface area contributed by atoms with Crippen LogP contribution in [-0.2, 0) is 9.59 Å². The molecule has 2 rings (SSSR count). The van der Waals surface area contributed by atoms with E-state index < -0.39 is 0 Å². The predicted molar refractivity (Wildman–Crippen MR) is 74.2 cm³/mol. The number of aryl methyl sites for hydroxylation is 1. The molecule has 2 amide bonds. The van der Waals surface area contributed by atoms with Crippen molar-refractivity contribution in [3.8, 4) is 0 Å². The fourth-order valence-corrected chi connectivity index (χ4v) is 2.39. The number of hydrogen-bond donors (Lipinski definition) is 0. The number of nitrogens with zero attached hydrogens (tertiary/aromatic N) is 3. The van der Waals surface area contributed by atoms with Crippen molar-refractivity contribution in [2.45, 2.75) is 33.1 Å². The maximum Gasteiger partial charge on any atom is 0.229 e. The van der Waals surface area contributed by atoms with Crippen LogP contribution in [0.3, 0.4) is 0 Å². The maximum atomic E-state index is 12.3. The van der Waals surface area contributed by atoms with E-state index in [0.29, 0.717) is 18.1 Å². The van der Waals surface area contributed by atoms with Gasteiger partial charge >= 0.3 is 0 Å².